The van der Waals surface area contributed by atoms with E-state index in [0.717, 1.165) is 11.5 Å². The zero-order chi connectivity index (χ0) is 16.9. The van der Waals surface area contributed by atoms with Gasteiger partial charge in [0.25, 0.3) is 5.91 Å². The first-order valence-corrected chi connectivity index (χ1v) is 8.62. The Hall–Kier alpha value is -2.43. The van der Waals surface area contributed by atoms with Gasteiger partial charge in [0.15, 0.2) is 0 Å². The Balaban J connectivity index is 1.60. The molecule has 5 heteroatoms. The monoisotopic (exact) mass is 324 g/mol. The fourth-order valence-corrected chi connectivity index (χ4v) is 2.95. The summed E-state index contributed by atoms with van der Waals surface area (Å²) < 4.78 is 0. The molecule has 0 aliphatic heterocycles. The number of hydrogen-bond acceptors (Lipinski definition) is 4. The number of rotatable bonds is 5. The highest BCUT2D eigenvalue weighted by Gasteiger charge is 2.15. The van der Waals surface area contributed by atoms with Crippen LogP contribution in [0.25, 0.3) is 0 Å². The molecule has 0 saturated heterocycles. The zero-order valence-corrected chi connectivity index (χ0v) is 14.2. The molecule has 1 heterocycles. The number of nitrogens with one attached hydrogen (secondary N) is 2. The standard InChI is InChI=1S/C19H24N4O/c1-13(2)14-7-9-16(10-8-14)23-19(24)17-11-21-18(12-20-17)22-15-5-3-4-6-15/h7-13,15H,3-6H2,1-2H3,(H,21,22)(H,23,24). The third kappa shape index (κ3) is 4.10. The molecule has 0 bridgehead atoms. The van der Waals surface area contributed by atoms with E-state index in [4.69, 9.17) is 0 Å². The molecule has 0 unspecified atom stereocenters. The number of nitrogens with zero attached hydrogens (tertiary/aromatic N) is 2. The number of carbonyl (C=O) groups excluding carboxylic acids is 1. The average Bonchev–Trinajstić information content (AvgIpc) is 3.09. The first-order valence-electron chi connectivity index (χ1n) is 8.62. The number of anilines is 2. The summed E-state index contributed by atoms with van der Waals surface area (Å²) in [6.45, 7) is 4.29. The van der Waals surface area contributed by atoms with Gasteiger partial charge in [-0.25, -0.2) is 9.97 Å². The molecule has 1 aliphatic rings. The SMILES string of the molecule is CC(C)c1ccc(NC(=O)c2cnc(NC3CCCC3)cn2)cc1. The first kappa shape index (κ1) is 16.4. The predicted molar refractivity (Wildman–Crippen MR) is 96.4 cm³/mol. The van der Waals surface area contributed by atoms with Crippen molar-refractivity contribution in [3.8, 4) is 0 Å². The molecule has 0 radical (unpaired) electrons. The Morgan fingerprint density at radius 1 is 1.08 bits per heavy atom. The zero-order valence-electron chi connectivity index (χ0n) is 14.2. The Kier molecular flexibility index (Phi) is 5.08. The van der Waals surface area contributed by atoms with Crippen LogP contribution < -0.4 is 10.6 Å². The summed E-state index contributed by atoms with van der Waals surface area (Å²) >= 11 is 0. The maximum Gasteiger partial charge on any atom is 0.275 e. The van der Waals surface area contributed by atoms with Crippen LogP contribution in [0, 0.1) is 0 Å². The highest BCUT2D eigenvalue weighted by molar-refractivity contribution is 6.02. The van der Waals surface area contributed by atoms with Gasteiger partial charge in [-0.15, -0.1) is 0 Å². The third-order valence-electron chi connectivity index (χ3n) is 4.43. The largest absolute Gasteiger partial charge is 0.366 e. The summed E-state index contributed by atoms with van der Waals surface area (Å²) in [7, 11) is 0. The number of hydrogen-bond donors (Lipinski definition) is 2. The van der Waals surface area contributed by atoms with Gasteiger partial charge < -0.3 is 10.6 Å². The lowest BCUT2D eigenvalue weighted by atomic mass is 10.0. The molecule has 2 N–H and O–H groups in total. The van der Waals surface area contributed by atoms with Gasteiger partial charge in [-0.05, 0) is 36.5 Å². The van der Waals surface area contributed by atoms with Crippen LogP contribution in [-0.2, 0) is 0 Å². The van der Waals surface area contributed by atoms with Crippen LogP contribution in [0.3, 0.4) is 0 Å². The van der Waals surface area contributed by atoms with Gasteiger partial charge in [-0.3, -0.25) is 4.79 Å². The second kappa shape index (κ2) is 7.43. The van der Waals surface area contributed by atoms with E-state index >= 15 is 0 Å². The van der Waals surface area contributed by atoms with Crippen LogP contribution in [-0.4, -0.2) is 21.9 Å². The van der Waals surface area contributed by atoms with E-state index in [0.29, 0.717) is 17.7 Å². The van der Waals surface area contributed by atoms with Crippen molar-refractivity contribution < 1.29 is 4.79 Å². The minimum Gasteiger partial charge on any atom is -0.366 e. The Morgan fingerprint density at radius 3 is 2.38 bits per heavy atom. The Labute approximate surface area is 142 Å². The minimum atomic E-state index is -0.243. The normalized spacial score (nSPS) is 14.8. The summed E-state index contributed by atoms with van der Waals surface area (Å²) in [6, 6.07) is 8.37. The Bertz CT molecular complexity index is 674. The number of benzene rings is 1. The summed E-state index contributed by atoms with van der Waals surface area (Å²) in [5.74, 6) is 0.965. The quantitative estimate of drug-likeness (QED) is 0.864. The average molecular weight is 324 g/mol. The van der Waals surface area contributed by atoms with Crippen molar-refractivity contribution in [3.05, 3.63) is 47.9 Å². The fraction of sp³-hybridized carbons (Fsp3) is 0.421. The molecule has 1 amide bonds. The third-order valence-corrected chi connectivity index (χ3v) is 4.43. The molecule has 24 heavy (non-hydrogen) atoms. The molecule has 1 aromatic heterocycles. The highest BCUT2D eigenvalue weighted by Crippen LogP contribution is 2.21. The van der Waals surface area contributed by atoms with Gasteiger partial charge in [0, 0.05) is 11.7 Å². The van der Waals surface area contributed by atoms with E-state index in [9.17, 15) is 4.79 Å². The lowest BCUT2D eigenvalue weighted by Crippen LogP contribution is -2.17. The molecular weight excluding hydrogens is 300 g/mol. The minimum absolute atomic E-state index is 0.243. The first-order chi connectivity index (χ1) is 11.6. The Morgan fingerprint density at radius 2 is 1.79 bits per heavy atom. The summed E-state index contributed by atoms with van der Waals surface area (Å²) in [5.41, 5.74) is 2.33. The molecular formula is C19H24N4O. The lowest BCUT2D eigenvalue weighted by molar-refractivity contribution is 0.102. The molecule has 1 aromatic carbocycles. The predicted octanol–water partition coefficient (Wildman–Crippen LogP) is 4.21. The number of amides is 1. The maximum absolute atomic E-state index is 12.3. The fourth-order valence-electron chi connectivity index (χ4n) is 2.95. The maximum atomic E-state index is 12.3. The molecule has 1 aliphatic carbocycles. The van der Waals surface area contributed by atoms with Gasteiger partial charge >= 0.3 is 0 Å². The van der Waals surface area contributed by atoms with Crippen LogP contribution >= 0.6 is 0 Å². The topological polar surface area (TPSA) is 66.9 Å². The molecule has 0 atom stereocenters. The van der Waals surface area contributed by atoms with Gasteiger partial charge in [0.2, 0.25) is 0 Å². The van der Waals surface area contributed by atoms with Crippen molar-refractivity contribution in [3.63, 3.8) is 0 Å². The van der Waals surface area contributed by atoms with E-state index in [1.54, 1.807) is 6.20 Å². The lowest BCUT2D eigenvalue weighted by Gasteiger charge is -2.12. The molecule has 0 spiro atoms. The van der Waals surface area contributed by atoms with Gasteiger partial charge in [-0.2, -0.15) is 0 Å². The van der Waals surface area contributed by atoms with Crippen LogP contribution in [0.1, 0.15) is 61.5 Å². The second-order valence-electron chi connectivity index (χ2n) is 6.64. The van der Waals surface area contributed by atoms with Crippen LogP contribution in [0.2, 0.25) is 0 Å². The highest BCUT2D eigenvalue weighted by atomic mass is 16.1. The van der Waals surface area contributed by atoms with Crippen molar-refractivity contribution in [1.82, 2.24) is 9.97 Å². The van der Waals surface area contributed by atoms with E-state index in [2.05, 4.69) is 34.4 Å². The smallest absolute Gasteiger partial charge is 0.275 e. The van der Waals surface area contributed by atoms with Crippen molar-refractivity contribution in [2.45, 2.75) is 51.5 Å². The second-order valence-corrected chi connectivity index (χ2v) is 6.64. The molecule has 5 nitrogen and oxygen atoms in total. The van der Waals surface area contributed by atoms with E-state index in [1.165, 1.54) is 37.4 Å². The molecule has 1 fully saturated rings. The van der Waals surface area contributed by atoms with Gasteiger partial charge in [0.05, 0.1) is 12.4 Å². The molecule has 3 rings (SSSR count). The van der Waals surface area contributed by atoms with Crippen molar-refractivity contribution in [2.75, 3.05) is 10.6 Å². The van der Waals surface area contributed by atoms with Gasteiger partial charge in [-0.1, -0.05) is 38.8 Å². The van der Waals surface area contributed by atoms with E-state index in [-0.39, 0.29) is 5.91 Å². The number of aromatic nitrogens is 2. The van der Waals surface area contributed by atoms with Crippen LogP contribution in [0.5, 0.6) is 0 Å². The van der Waals surface area contributed by atoms with Gasteiger partial charge in [0.1, 0.15) is 11.5 Å². The molecule has 126 valence electrons. The molecule has 1 saturated carbocycles. The summed E-state index contributed by atoms with van der Waals surface area (Å²) in [6.07, 6.45) is 8.04. The summed E-state index contributed by atoms with van der Waals surface area (Å²) in [5, 5.41) is 6.22. The number of carbonyl (C=O) groups is 1. The van der Waals surface area contributed by atoms with E-state index in [1.807, 2.05) is 24.3 Å². The van der Waals surface area contributed by atoms with Crippen molar-refractivity contribution in [1.29, 1.82) is 0 Å². The summed E-state index contributed by atoms with van der Waals surface area (Å²) in [4.78, 5) is 20.8. The molecule has 2 aromatic rings. The van der Waals surface area contributed by atoms with Crippen molar-refractivity contribution in [2.24, 2.45) is 0 Å². The van der Waals surface area contributed by atoms with E-state index < -0.39 is 0 Å². The van der Waals surface area contributed by atoms with Crippen LogP contribution in [0.15, 0.2) is 36.7 Å². The van der Waals surface area contributed by atoms with Crippen LogP contribution in [0.4, 0.5) is 11.5 Å². The van der Waals surface area contributed by atoms with Crippen molar-refractivity contribution >= 4 is 17.4 Å².